The predicted octanol–water partition coefficient (Wildman–Crippen LogP) is 3.36. The van der Waals surface area contributed by atoms with Crippen LogP contribution in [0.2, 0.25) is 10.0 Å². The third-order valence-electron chi connectivity index (χ3n) is 4.80. The highest BCUT2D eigenvalue weighted by Crippen LogP contribution is 2.39. The molecule has 5 heteroatoms. The highest BCUT2D eigenvalue weighted by molar-refractivity contribution is 6.35. The van der Waals surface area contributed by atoms with Gasteiger partial charge in [-0.25, -0.2) is 0 Å². The van der Waals surface area contributed by atoms with Crippen LogP contribution in [-0.4, -0.2) is 31.5 Å². The minimum Gasteiger partial charge on any atom is -0.396 e. The number of hydrogen-bond acceptors (Lipinski definition) is 3. The Balaban J connectivity index is 1.71. The number of halogens is 2. The fourth-order valence-corrected chi connectivity index (χ4v) is 4.11. The average Bonchev–Trinajstić information content (AvgIpc) is 3.04. The predicted molar refractivity (Wildman–Crippen MR) is 85.1 cm³/mol. The normalized spacial score (nSPS) is 28.0. The SMILES string of the molecule is OCC[C@]1(CN[C@H]2CCc3c(Cl)cc(Cl)cc32)CCOC1. The fourth-order valence-electron chi connectivity index (χ4n) is 3.51. The third-order valence-corrected chi connectivity index (χ3v) is 5.36. The van der Waals surface area contributed by atoms with E-state index in [0.29, 0.717) is 11.1 Å². The van der Waals surface area contributed by atoms with Gasteiger partial charge in [0.1, 0.15) is 0 Å². The van der Waals surface area contributed by atoms with Crippen LogP contribution in [0.3, 0.4) is 0 Å². The summed E-state index contributed by atoms with van der Waals surface area (Å²) in [7, 11) is 0. The van der Waals surface area contributed by atoms with E-state index in [4.69, 9.17) is 27.9 Å². The summed E-state index contributed by atoms with van der Waals surface area (Å²) < 4.78 is 5.54. The van der Waals surface area contributed by atoms with Crippen LogP contribution in [0.4, 0.5) is 0 Å². The van der Waals surface area contributed by atoms with Crippen LogP contribution >= 0.6 is 23.2 Å². The van der Waals surface area contributed by atoms with Crippen LogP contribution in [0.25, 0.3) is 0 Å². The summed E-state index contributed by atoms with van der Waals surface area (Å²) in [5.74, 6) is 0. The molecule has 3 rings (SSSR count). The van der Waals surface area contributed by atoms with Gasteiger partial charge in [-0.2, -0.15) is 0 Å². The number of hydrogen-bond donors (Lipinski definition) is 2. The summed E-state index contributed by atoms with van der Waals surface area (Å²) in [6.07, 6.45) is 3.84. The highest BCUT2D eigenvalue weighted by Gasteiger charge is 2.35. The Hall–Kier alpha value is -0.320. The van der Waals surface area contributed by atoms with Gasteiger partial charge in [0.25, 0.3) is 0 Å². The van der Waals surface area contributed by atoms with Crippen LogP contribution in [0, 0.1) is 5.41 Å². The first-order valence-corrected chi connectivity index (χ1v) is 8.29. The fraction of sp³-hybridized carbons (Fsp3) is 0.625. The van der Waals surface area contributed by atoms with Crippen LogP contribution in [0.1, 0.15) is 36.4 Å². The third kappa shape index (κ3) is 3.22. The van der Waals surface area contributed by atoms with E-state index in [1.807, 2.05) is 12.1 Å². The lowest BCUT2D eigenvalue weighted by atomic mass is 9.83. The first-order valence-electron chi connectivity index (χ1n) is 7.53. The Bertz CT molecular complexity index is 515. The molecule has 0 amide bonds. The number of fused-ring (bicyclic) bond motifs is 1. The van der Waals surface area contributed by atoms with Crippen molar-refractivity contribution in [2.24, 2.45) is 5.41 Å². The first-order chi connectivity index (χ1) is 10.1. The van der Waals surface area contributed by atoms with Gasteiger partial charge in [-0.3, -0.25) is 0 Å². The molecule has 2 atom stereocenters. The second-order valence-electron chi connectivity index (χ2n) is 6.20. The Kier molecular flexibility index (Phi) is 4.77. The van der Waals surface area contributed by atoms with E-state index in [1.165, 1.54) is 11.1 Å². The van der Waals surface area contributed by atoms with Crippen molar-refractivity contribution in [1.29, 1.82) is 0 Å². The molecule has 1 aromatic rings. The van der Waals surface area contributed by atoms with E-state index >= 15 is 0 Å². The first kappa shape index (κ1) is 15.6. The molecule has 1 aliphatic heterocycles. The summed E-state index contributed by atoms with van der Waals surface area (Å²) in [5, 5.41) is 14.4. The minimum atomic E-state index is 0.0693. The molecule has 0 radical (unpaired) electrons. The van der Waals surface area contributed by atoms with E-state index in [1.54, 1.807) is 0 Å². The van der Waals surface area contributed by atoms with Crippen LogP contribution in [0.15, 0.2) is 12.1 Å². The molecule has 1 saturated heterocycles. The maximum absolute atomic E-state index is 9.30. The zero-order valence-electron chi connectivity index (χ0n) is 12.0. The second-order valence-corrected chi connectivity index (χ2v) is 7.05. The average molecular weight is 330 g/mol. The number of ether oxygens (including phenoxy) is 1. The van der Waals surface area contributed by atoms with Crippen molar-refractivity contribution in [2.45, 2.75) is 31.7 Å². The van der Waals surface area contributed by atoms with Gasteiger partial charge in [-0.1, -0.05) is 23.2 Å². The standard InChI is InChI=1S/C16H21Cl2NO2/c17-11-7-13-12(14(18)8-11)1-2-15(13)19-9-16(3-5-20)4-6-21-10-16/h7-8,15,19-20H,1-6,9-10H2/t15-,16+/m0/s1. The Morgan fingerprint density at radius 1 is 1.38 bits per heavy atom. The van der Waals surface area contributed by atoms with Gasteiger partial charge in [0.2, 0.25) is 0 Å². The summed E-state index contributed by atoms with van der Waals surface area (Å²) in [4.78, 5) is 0. The number of nitrogens with one attached hydrogen (secondary N) is 1. The number of benzene rings is 1. The highest BCUT2D eigenvalue weighted by atomic mass is 35.5. The molecule has 116 valence electrons. The maximum Gasteiger partial charge on any atom is 0.0536 e. The molecule has 1 aliphatic carbocycles. The van der Waals surface area contributed by atoms with E-state index in [9.17, 15) is 5.11 Å². The van der Waals surface area contributed by atoms with Crippen LogP contribution < -0.4 is 5.32 Å². The molecule has 1 aromatic carbocycles. The zero-order chi connectivity index (χ0) is 14.9. The molecule has 0 saturated carbocycles. The van der Waals surface area contributed by atoms with Crippen molar-refractivity contribution in [2.75, 3.05) is 26.4 Å². The molecule has 0 unspecified atom stereocenters. The number of aliphatic hydroxyl groups excluding tert-OH is 1. The number of rotatable bonds is 5. The summed E-state index contributed by atoms with van der Waals surface area (Å²) in [6.45, 7) is 2.60. The molecule has 2 N–H and O–H groups in total. The molecule has 3 nitrogen and oxygen atoms in total. The van der Waals surface area contributed by atoms with Gasteiger partial charge >= 0.3 is 0 Å². The molecule has 1 fully saturated rings. The lowest BCUT2D eigenvalue weighted by Crippen LogP contribution is -2.37. The van der Waals surface area contributed by atoms with Crippen molar-refractivity contribution >= 4 is 23.2 Å². The van der Waals surface area contributed by atoms with E-state index < -0.39 is 0 Å². The Morgan fingerprint density at radius 3 is 2.95 bits per heavy atom. The molecule has 1 heterocycles. The van der Waals surface area contributed by atoms with Gasteiger partial charge in [-0.15, -0.1) is 0 Å². The van der Waals surface area contributed by atoms with E-state index in [2.05, 4.69) is 5.32 Å². The van der Waals surface area contributed by atoms with Crippen molar-refractivity contribution in [3.8, 4) is 0 Å². The largest absolute Gasteiger partial charge is 0.396 e. The second kappa shape index (κ2) is 6.43. The topological polar surface area (TPSA) is 41.5 Å². The van der Waals surface area contributed by atoms with Crippen molar-refractivity contribution in [3.05, 3.63) is 33.3 Å². The summed E-state index contributed by atoms with van der Waals surface area (Å²) in [6, 6.07) is 4.15. The molecule has 2 aliphatic rings. The number of aliphatic hydroxyl groups is 1. The molecule has 0 spiro atoms. The zero-order valence-corrected chi connectivity index (χ0v) is 13.5. The van der Waals surface area contributed by atoms with Gasteiger partial charge in [0.05, 0.1) is 6.61 Å². The van der Waals surface area contributed by atoms with Gasteiger partial charge in [-0.05, 0) is 48.9 Å². The van der Waals surface area contributed by atoms with E-state index in [0.717, 1.165) is 50.5 Å². The van der Waals surface area contributed by atoms with Crippen molar-refractivity contribution in [3.63, 3.8) is 0 Å². The lowest BCUT2D eigenvalue weighted by molar-refractivity contribution is 0.122. The maximum atomic E-state index is 9.30. The minimum absolute atomic E-state index is 0.0693. The van der Waals surface area contributed by atoms with Gasteiger partial charge < -0.3 is 15.2 Å². The molecular weight excluding hydrogens is 309 g/mol. The van der Waals surface area contributed by atoms with Crippen molar-refractivity contribution < 1.29 is 9.84 Å². The Labute approximate surface area is 135 Å². The molecule has 0 bridgehead atoms. The Morgan fingerprint density at radius 2 is 2.24 bits per heavy atom. The van der Waals surface area contributed by atoms with Crippen LogP contribution in [0.5, 0.6) is 0 Å². The van der Waals surface area contributed by atoms with Crippen molar-refractivity contribution in [1.82, 2.24) is 5.32 Å². The lowest BCUT2D eigenvalue weighted by Gasteiger charge is -2.29. The quantitative estimate of drug-likeness (QED) is 0.870. The summed E-state index contributed by atoms with van der Waals surface area (Å²) >= 11 is 12.4. The monoisotopic (exact) mass is 329 g/mol. The van der Waals surface area contributed by atoms with Gasteiger partial charge in [0, 0.05) is 41.3 Å². The summed E-state index contributed by atoms with van der Waals surface area (Å²) in [5.41, 5.74) is 2.52. The smallest absolute Gasteiger partial charge is 0.0536 e. The molecule has 21 heavy (non-hydrogen) atoms. The molecule has 0 aromatic heterocycles. The molecular formula is C16H21Cl2NO2. The van der Waals surface area contributed by atoms with E-state index in [-0.39, 0.29) is 12.0 Å². The van der Waals surface area contributed by atoms with Crippen LogP contribution in [-0.2, 0) is 11.2 Å². The van der Waals surface area contributed by atoms with Gasteiger partial charge in [0.15, 0.2) is 0 Å².